The third kappa shape index (κ3) is 28.0. The number of phosphoric acid groups is 1. The summed E-state index contributed by atoms with van der Waals surface area (Å²) in [7, 11) is -4.05. The van der Waals surface area contributed by atoms with Crippen molar-refractivity contribution in [2.45, 2.75) is 135 Å². The number of hydrogen-bond acceptors (Lipinski definition) is 6. The molecule has 3 N–H and O–H groups in total. The third-order valence-electron chi connectivity index (χ3n) is 6.47. The summed E-state index contributed by atoms with van der Waals surface area (Å²) in [6, 6.07) is 0. The molecule has 0 aliphatic heterocycles. The summed E-state index contributed by atoms with van der Waals surface area (Å²) in [4.78, 5) is 30.9. The van der Waals surface area contributed by atoms with Crippen LogP contribution in [-0.2, 0) is 27.9 Å². The molecule has 0 aromatic rings. The van der Waals surface area contributed by atoms with Gasteiger partial charge in [-0.25, -0.2) is 4.57 Å². The van der Waals surface area contributed by atoms with Gasteiger partial charge in [0.25, 0.3) is 0 Å². The van der Waals surface area contributed by atoms with Crippen LogP contribution in [0.15, 0.2) is 0 Å². The third-order valence-corrected chi connectivity index (χ3v) is 7.45. The quantitative estimate of drug-likeness (QED) is 0.0588. The van der Waals surface area contributed by atoms with Gasteiger partial charge in [-0.05, 0) is 32.1 Å². The van der Waals surface area contributed by atoms with Crippen molar-refractivity contribution in [2.24, 2.45) is 5.92 Å². The van der Waals surface area contributed by atoms with Crippen LogP contribution in [0.25, 0.3) is 0 Å². The summed E-state index contributed by atoms with van der Waals surface area (Å²) in [5.41, 5.74) is 0. The number of carboxylic acids is 2. The zero-order valence-electron chi connectivity index (χ0n) is 23.8. The van der Waals surface area contributed by atoms with Crippen molar-refractivity contribution in [3.8, 4) is 0 Å². The van der Waals surface area contributed by atoms with Gasteiger partial charge in [-0.15, -0.1) is 0 Å². The van der Waals surface area contributed by atoms with Crippen LogP contribution >= 0.6 is 7.82 Å². The normalized spacial score (nSPS) is 13.8. The Morgan fingerprint density at radius 1 is 0.632 bits per heavy atom. The molecule has 0 aromatic carbocycles. The number of aliphatic carboxylic acids is 2. The maximum Gasteiger partial charge on any atom is 0.472 e. The van der Waals surface area contributed by atoms with Gasteiger partial charge in [0.15, 0.2) is 0 Å². The molecule has 38 heavy (non-hydrogen) atoms. The van der Waals surface area contributed by atoms with E-state index in [0.29, 0.717) is 32.5 Å². The van der Waals surface area contributed by atoms with Gasteiger partial charge in [-0.2, -0.15) is 0 Å². The fourth-order valence-corrected chi connectivity index (χ4v) is 5.11. The molecule has 2 unspecified atom stereocenters. The van der Waals surface area contributed by atoms with Crippen LogP contribution in [0, 0.1) is 5.92 Å². The molecule has 0 amide bonds. The molecular formula is C28H55O9P. The molecule has 0 aliphatic carbocycles. The molecule has 0 saturated heterocycles. The number of phosphoric ester groups is 1. The topological polar surface area (TPSA) is 140 Å². The number of unbranched alkanes of at least 4 members (excludes halogenated alkanes) is 14. The molecule has 10 heteroatoms. The number of carboxylic acid groups (broad SMARTS) is 2. The van der Waals surface area contributed by atoms with E-state index < -0.39 is 19.8 Å². The van der Waals surface area contributed by atoms with Crippen LogP contribution < -0.4 is 0 Å². The fraction of sp³-hybridized carbons (Fsp3) is 0.929. The van der Waals surface area contributed by atoms with Crippen molar-refractivity contribution in [2.75, 3.05) is 26.4 Å². The van der Waals surface area contributed by atoms with Crippen molar-refractivity contribution in [3.63, 3.8) is 0 Å². The minimum atomic E-state index is -4.05. The number of ether oxygens (including phenoxy) is 1. The summed E-state index contributed by atoms with van der Waals surface area (Å²) in [6.45, 7) is 3.22. The lowest BCUT2D eigenvalue weighted by Gasteiger charge is -2.19. The predicted molar refractivity (Wildman–Crippen MR) is 149 cm³/mol. The number of carbonyl (C=O) groups is 2. The summed E-state index contributed by atoms with van der Waals surface area (Å²) >= 11 is 0. The zero-order chi connectivity index (χ0) is 28.3. The molecule has 0 spiro atoms. The molecule has 0 fully saturated rings. The van der Waals surface area contributed by atoms with Crippen LogP contribution in [0.3, 0.4) is 0 Å². The molecule has 0 aliphatic rings. The van der Waals surface area contributed by atoms with Crippen LogP contribution in [0.2, 0.25) is 0 Å². The standard InChI is InChI=1S/C28H55O9P/c1-2-22-36-38(33,34)37-25-26(19-15-14-17-21-28(31)32)24-35-23-18-13-11-9-7-5-3-4-6-8-10-12-16-20-27(29)30/h26H,2-25H2,1H3,(H,29,30)(H,31,32)(H,33,34). The lowest BCUT2D eigenvalue weighted by Crippen LogP contribution is -2.17. The first kappa shape index (κ1) is 37.0. The summed E-state index contributed by atoms with van der Waals surface area (Å²) in [5.74, 6) is -1.52. The molecule has 9 nitrogen and oxygen atoms in total. The van der Waals surface area contributed by atoms with E-state index in [1.807, 2.05) is 6.92 Å². The molecule has 0 heterocycles. The lowest BCUT2D eigenvalue weighted by molar-refractivity contribution is -0.138. The van der Waals surface area contributed by atoms with Crippen molar-refractivity contribution >= 4 is 19.8 Å². The SMILES string of the molecule is CCCOP(=O)(O)OCC(CCCCCC(=O)O)COCCCCCCCCCCCCCCCC(=O)O. The minimum Gasteiger partial charge on any atom is -0.481 e. The molecule has 0 radical (unpaired) electrons. The van der Waals surface area contributed by atoms with Crippen LogP contribution in [-0.4, -0.2) is 53.5 Å². The summed E-state index contributed by atoms with van der Waals surface area (Å²) in [6.07, 6.45) is 19.2. The molecule has 0 aromatic heterocycles. The average molecular weight is 567 g/mol. The van der Waals surface area contributed by atoms with Crippen molar-refractivity contribution in [3.05, 3.63) is 0 Å². The van der Waals surface area contributed by atoms with Gasteiger partial charge >= 0.3 is 19.8 Å². The fourth-order valence-electron chi connectivity index (χ4n) is 4.22. The van der Waals surface area contributed by atoms with E-state index in [0.717, 1.165) is 51.4 Å². The Hall–Kier alpha value is -0.990. The number of hydrogen-bond donors (Lipinski definition) is 3. The van der Waals surface area contributed by atoms with Gasteiger partial charge in [-0.3, -0.25) is 18.6 Å². The van der Waals surface area contributed by atoms with E-state index in [9.17, 15) is 19.0 Å². The molecular weight excluding hydrogens is 511 g/mol. The highest BCUT2D eigenvalue weighted by atomic mass is 31.2. The molecule has 0 saturated carbocycles. The average Bonchev–Trinajstić information content (AvgIpc) is 2.86. The van der Waals surface area contributed by atoms with Gasteiger partial charge in [0, 0.05) is 25.4 Å². The summed E-state index contributed by atoms with van der Waals surface area (Å²) < 4.78 is 27.9. The van der Waals surface area contributed by atoms with E-state index in [1.54, 1.807) is 0 Å². The smallest absolute Gasteiger partial charge is 0.472 e. The first-order valence-corrected chi connectivity index (χ1v) is 16.4. The highest BCUT2D eigenvalue weighted by molar-refractivity contribution is 7.47. The van der Waals surface area contributed by atoms with Crippen molar-refractivity contribution < 1.29 is 43.0 Å². The van der Waals surface area contributed by atoms with Gasteiger partial charge < -0.3 is 19.8 Å². The first-order valence-electron chi connectivity index (χ1n) is 14.9. The zero-order valence-corrected chi connectivity index (χ0v) is 24.7. The Labute approximate surface area is 230 Å². The molecule has 226 valence electrons. The first-order chi connectivity index (χ1) is 18.3. The Balaban J connectivity index is 3.81. The van der Waals surface area contributed by atoms with Gasteiger partial charge in [0.2, 0.25) is 0 Å². The Morgan fingerprint density at radius 2 is 1.08 bits per heavy atom. The molecule has 0 bridgehead atoms. The van der Waals surface area contributed by atoms with E-state index in [1.165, 1.54) is 51.4 Å². The maximum absolute atomic E-state index is 12.0. The van der Waals surface area contributed by atoms with Crippen LogP contribution in [0.5, 0.6) is 0 Å². The largest absolute Gasteiger partial charge is 0.481 e. The second-order valence-corrected chi connectivity index (χ2v) is 11.7. The Morgan fingerprint density at radius 3 is 1.55 bits per heavy atom. The van der Waals surface area contributed by atoms with E-state index in [-0.39, 0.29) is 25.6 Å². The van der Waals surface area contributed by atoms with Gasteiger partial charge in [0.1, 0.15) is 0 Å². The molecule has 2 atom stereocenters. The Bertz CT molecular complexity index is 615. The minimum absolute atomic E-state index is 0.0322. The van der Waals surface area contributed by atoms with Crippen molar-refractivity contribution in [1.29, 1.82) is 0 Å². The van der Waals surface area contributed by atoms with Crippen LogP contribution in [0.4, 0.5) is 0 Å². The second kappa shape index (κ2) is 26.2. The van der Waals surface area contributed by atoms with E-state index in [4.69, 9.17) is 24.0 Å². The monoisotopic (exact) mass is 566 g/mol. The van der Waals surface area contributed by atoms with E-state index in [2.05, 4.69) is 0 Å². The summed E-state index contributed by atoms with van der Waals surface area (Å²) in [5, 5.41) is 17.4. The second-order valence-electron chi connectivity index (χ2n) is 10.3. The highest BCUT2D eigenvalue weighted by Gasteiger charge is 2.23. The maximum atomic E-state index is 12.0. The number of rotatable bonds is 30. The van der Waals surface area contributed by atoms with Gasteiger partial charge in [0.05, 0.1) is 19.8 Å². The lowest BCUT2D eigenvalue weighted by atomic mass is 10.0. The highest BCUT2D eigenvalue weighted by Crippen LogP contribution is 2.43. The van der Waals surface area contributed by atoms with E-state index >= 15 is 0 Å². The Kier molecular flexibility index (Phi) is 25.6. The van der Waals surface area contributed by atoms with Crippen molar-refractivity contribution in [1.82, 2.24) is 0 Å². The van der Waals surface area contributed by atoms with Gasteiger partial charge in [-0.1, -0.05) is 90.4 Å². The van der Waals surface area contributed by atoms with Crippen LogP contribution in [0.1, 0.15) is 135 Å². The predicted octanol–water partition coefficient (Wildman–Crippen LogP) is 7.74. The molecule has 0 rings (SSSR count).